The van der Waals surface area contributed by atoms with Crippen LogP contribution in [0.5, 0.6) is 0 Å². The molecule has 0 amide bonds. The van der Waals surface area contributed by atoms with Crippen LogP contribution in [0.4, 0.5) is 0 Å². The highest BCUT2D eigenvalue weighted by Gasteiger charge is 2.36. The summed E-state index contributed by atoms with van der Waals surface area (Å²) in [5, 5.41) is 8.71. The van der Waals surface area contributed by atoms with Crippen molar-refractivity contribution in [3.8, 4) is 0 Å². The molecule has 0 unspecified atom stereocenters. The molecule has 0 aromatic carbocycles. The molecule has 0 aromatic heterocycles. The molecule has 0 aromatic rings. The topological polar surface area (TPSA) is 37.3 Å². The molecule has 5 heteroatoms. The summed E-state index contributed by atoms with van der Waals surface area (Å²) < 4.78 is 0. The van der Waals surface area contributed by atoms with Crippen LogP contribution >= 0.6 is 22.2 Å². The minimum absolute atomic E-state index is 0.373. The highest BCUT2D eigenvalue weighted by molar-refractivity contribution is 7.44. The maximum Gasteiger partial charge on any atom is 0.308 e. The second-order valence-corrected chi connectivity index (χ2v) is 11.5. The van der Waals surface area contributed by atoms with Crippen molar-refractivity contribution in [2.24, 2.45) is 5.41 Å². The van der Waals surface area contributed by atoms with Gasteiger partial charge in [-0.1, -0.05) is 0 Å². The van der Waals surface area contributed by atoms with Crippen molar-refractivity contribution in [2.45, 2.75) is 26.4 Å². The van der Waals surface area contributed by atoms with Crippen LogP contribution in [0.1, 0.15) is 13.8 Å². The molecular formula is C6H12Cl2O2Si. The zero-order valence-electron chi connectivity index (χ0n) is 6.82. The molecule has 2 nitrogen and oxygen atoms in total. The van der Waals surface area contributed by atoms with Gasteiger partial charge in [-0.05, 0) is 26.4 Å². The van der Waals surface area contributed by atoms with Gasteiger partial charge in [0.15, 0.2) is 0 Å². The van der Waals surface area contributed by atoms with Crippen LogP contribution in [0.15, 0.2) is 0 Å². The molecular weight excluding hydrogens is 203 g/mol. The van der Waals surface area contributed by atoms with Crippen molar-refractivity contribution in [1.29, 1.82) is 0 Å². The Bertz CT molecular complexity index is 162. The summed E-state index contributed by atoms with van der Waals surface area (Å²) in [5.74, 6) is -0.850. The Kier molecular flexibility index (Phi) is 3.41. The van der Waals surface area contributed by atoms with Gasteiger partial charge in [-0.2, -0.15) is 0 Å². The van der Waals surface area contributed by atoms with Crippen molar-refractivity contribution in [3.05, 3.63) is 0 Å². The maximum atomic E-state index is 10.6. The lowest BCUT2D eigenvalue weighted by atomic mass is 9.97. The first-order chi connectivity index (χ1) is 4.65. The lowest BCUT2D eigenvalue weighted by molar-refractivity contribution is -0.145. The van der Waals surface area contributed by atoms with Crippen LogP contribution in [-0.2, 0) is 4.79 Å². The number of rotatable bonds is 3. The molecule has 0 aliphatic carbocycles. The van der Waals surface area contributed by atoms with Crippen LogP contribution in [-0.4, -0.2) is 17.8 Å². The molecule has 0 rings (SSSR count). The zero-order chi connectivity index (χ0) is 9.28. The van der Waals surface area contributed by atoms with Gasteiger partial charge in [0.05, 0.1) is 5.41 Å². The number of carboxylic acids is 1. The second-order valence-electron chi connectivity index (χ2n) is 3.44. The predicted octanol–water partition coefficient (Wildman–Crippen LogP) is 2.65. The van der Waals surface area contributed by atoms with Crippen LogP contribution in [0, 0.1) is 5.41 Å². The molecule has 11 heavy (non-hydrogen) atoms. The number of aliphatic carboxylic acids is 1. The Balaban J connectivity index is 4.25. The molecule has 0 aliphatic rings. The lowest BCUT2D eigenvalue weighted by Gasteiger charge is -2.23. The largest absolute Gasteiger partial charge is 0.481 e. The quantitative estimate of drug-likeness (QED) is 0.580. The number of carboxylic acid groups (broad SMARTS) is 1. The first-order valence-electron chi connectivity index (χ1n) is 3.26. The van der Waals surface area contributed by atoms with Gasteiger partial charge in [-0.25, -0.2) is 0 Å². The summed E-state index contributed by atoms with van der Waals surface area (Å²) >= 11 is 11.6. The number of hydrogen-bond donors (Lipinski definition) is 1. The van der Waals surface area contributed by atoms with E-state index in [4.69, 9.17) is 27.3 Å². The molecule has 0 saturated carbocycles. The third-order valence-electron chi connectivity index (χ3n) is 1.33. The van der Waals surface area contributed by atoms with E-state index in [0.29, 0.717) is 6.04 Å². The fourth-order valence-corrected chi connectivity index (χ4v) is 4.56. The third-order valence-corrected chi connectivity index (χ3v) is 3.64. The van der Waals surface area contributed by atoms with E-state index in [9.17, 15) is 4.79 Å². The Morgan fingerprint density at radius 3 is 2.00 bits per heavy atom. The van der Waals surface area contributed by atoms with Gasteiger partial charge in [0.1, 0.15) is 0 Å². The van der Waals surface area contributed by atoms with E-state index in [0.717, 1.165) is 0 Å². The Morgan fingerprint density at radius 2 is 1.91 bits per heavy atom. The van der Waals surface area contributed by atoms with Crippen molar-refractivity contribution in [3.63, 3.8) is 0 Å². The van der Waals surface area contributed by atoms with Crippen molar-refractivity contribution in [1.82, 2.24) is 0 Å². The van der Waals surface area contributed by atoms with E-state index in [1.54, 1.807) is 20.4 Å². The van der Waals surface area contributed by atoms with E-state index in [1.165, 1.54) is 0 Å². The SMILES string of the molecule is CC(C)(C[Si](C)(Cl)Cl)C(=O)O. The minimum atomic E-state index is -2.29. The maximum absolute atomic E-state index is 10.6. The van der Waals surface area contributed by atoms with Gasteiger partial charge in [0, 0.05) is 0 Å². The number of hydrogen-bond acceptors (Lipinski definition) is 1. The molecule has 0 fully saturated rings. The minimum Gasteiger partial charge on any atom is -0.481 e. The van der Waals surface area contributed by atoms with E-state index in [2.05, 4.69) is 0 Å². The molecule has 1 N–H and O–H groups in total. The molecule has 0 bridgehead atoms. The average molecular weight is 215 g/mol. The molecule has 0 atom stereocenters. The van der Waals surface area contributed by atoms with Crippen LogP contribution < -0.4 is 0 Å². The van der Waals surface area contributed by atoms with Gasteiger partial charge in [0.2, 0.25) is 6.69 Å². The van der Waals surface area contributed by atoms with Gasteiger partial charge in [0.25, 0.3) is 0 Å². The van der Waals surface area contributed by atoms with Crippen molar-refractivity contribution < 1.29 is 9.90 Å². The van der Waals surface area contributed by atoms with Crippen LogP contribution in [0.3, 0.4) is 0 Å². The lowest BCUT2D eigenvalue weighted by Crippen LogP contribution is -2.31. The van der Waals surface area contributed by atoms with Gasteiger partial charge in [-0.3, -0.25) is 4.79 Å². The van der Waals surface area contributed by atoms with Crippen molar-refractivity contribution >= 4 is 34.8 Å². The number of halogens is 2. The first-order valence-corrected chi connectivity index (χ1v) is 7.99. The molecule has 0 radical (unpaired) electrons. The van der Waals surface area contributed by atoms with Gasteiger partial charge < -0.3 is 5.11 Å². The molecule has 0 aliphatic heterocycles. The average Bonchev–Trinajstić information content (AvgIpc) is 1.56. The van der Waals surface area contributed by atoms with Crippen LogP contribution in [0.2, 0.25) is 12.6 Å². The van der Waals surface area contributed by atoms with Crippen molar-refractivity contribution in [2.75, 3.05) is 0 Å². The standard InChI is InChI=1S/C6H12Cl2O2Si/c1-6(2,5(9)10)4-11(3,7)8/h4H2,1-3H3,(H,9,10). The third kappa shape index (κ3) is 4.66. The van der Waals surface area contributed by atoms with E-state index < -0.39 is 18.1 Å². The monoisotopic (exact) mass is 214 g/mol. The molecule has 0 heterocycles. The zero-order valence-corrected chi connectivity index (χ0v) is 9.33. The van der Waals surface area contributed by atoms with E-state index in [-0.39, 0.29) is 0 Å². The molecule has 0 spiro atoms. The summed E-state index contributed by atoms with van der Waals surface area (Å²) in [6.45, 7) is 2.69. The highest BCUT2D eigenvalue weighted by atomic mass is 35.7. The van der Waals surface area contributed by atoms with Gasteiger partial charge >= 0.3 is 5.97 Å². The summed E-state index contributed by atoms with van der Waals surface area (Å²) in [6, 6.07) is 0.373. The predicted molar refractivity (Wildman–Crippen MR) is 49.5 cm³/mol. The fraction of sp³-hybridized carbons (Fsp3) is 0.833. The highest BCUT2D eigenvalue weighted by Crippen LogP contribution is 2.33. The Morgan fingerprint density at radius 1 is 1.55 bits per heavy atom. The Hall–Kier alpha value is 0.267. The first kappa shape index (κ1) is 11.3. The summed E-state index contributed by atoms with van der Waals surface area (Å²) in [6.07, 6.45) is 0. The molecule has 0 saturated heterocycles. The summed E-state index contributed by atoms with van der Waals surface area (Å²) in [4.78, 5) is 10.6. The normalized spacial score (nSPS) is 13.2. The Labute approximate surface area is 76.9 Å². The van der Waals surface area contributed by atoms with E-state index >= 15 is 0 Å². The van der Waals surface area contributed by atoms with E-state index in [1.807, 2.05) is 0 Å². The number of carbonyl (C=O) groups is 1. The summed E-state index contributed by atoms with van der Waals surface area (Å²) in [5.41, 5.74) is -0.801. The summed E-state index contributed by atoms with van der Waals surface area (Å²) in [7, 11) is 0. The second kappa shape index (κ2) is 3.33. The fourth-order valence-electron chi connectivity index (χ4n) is 0.852. The molecule has 66 valence electrons. The van der Waals surface area contributed by atoms with Gasteiger partial charge in [-0.15, -0.1) is 22.2 Å². The van der Waals surface area contributed by atoms with Crippen LogP contribution in [0.25, 0.3) is 0 Å². The smallest absolute Gasteiger partial charge is 0.308 e.